The molecule has 0 radical (unpaired) electrons. The summed E-state index contributed by atoms with van der Waals surface area (Å²) in [4.78, 5) is 39.7. The number of carbonyl (C=O) groups is 2. The summed E-state index contributed by atoms with van der Waals surface area (Å²) >= 11 is 0. The highest BCUT2D eigenvalue weighted by atomic mass is 16.6. The lowest BCUT2D eigenvalue weighted by atomic mass is 9.96. The van der Waals surface area contributed by atoms with Crippen LogP contribution in [0.3, 0.4) is 0 Å². The number of nitrogens with zero attached hydrogens (tertiary/aromatic N) is 3. The van der Waals surface area contributed by atoms with E-state index in [9.17, 15) is 14.4 Å². The number of ether oxygens (including phenoxy) is 3. The molecule has 2 aromatic carbocycles. The highest BCUT2D eigenvalue weighted by Crippen LogP contribution is 2.25. The number of benzene rings is 2. The number of aromatic nitrogens is 2. The van der Waals surface area contributed by atoms with Gasteiger partial charge in [0.15, 0.2) is 12.3 Å². The van der Waals surface area contributed by atoms with E-state index in [0.717, 1.165) is 18.4 Å². The number of carbonyl (C=O) groups excluding carboxylic acids is 2. The Labute approximate surface area is 227 Å². The third-order valence-electron chi connectivity index (χ3n) is 7.07. The number of methoxy groups -OCH3 is 1. The van der Waals surface area contributed by atoms with Crippen molar-refractivity contribution < 1.29 is 23.8 Å². The summed E-state index contributed by atoms with van der Waals surface area (Å²) in [5.41, 5.74) is 6.25. The van der Waals surface area contributed by atoms with E-state index >= 15 is 0 Å². The van der Waals surface area contributed by atoms with Gasteiger partial charge in [0.25, 0.3) is 0 Å². The standard InChI is InChI=1S/C28H37N5O6/c1-18(2)32-23-7-5-6-8-24(23)33(28(32)36)27(35)30-17-20-13-15-31(16-14-20)25(19(3)38-26(29)34)39-22-11-9-21(37-4)10-12-22/h5-12,18-20,25H,13-17H2,1-4H3,(H2,29,34)(H,30,35). The molecule has 1 aliphatic rings. The molecule has 1 aliphatic heterocycles. The molecule has 0 spiro atoms. The Hall–Kier alpha value is -3.99. The molecular formula is C28H37N5O6. The molecule has 2 atom stereocenters. The summed E-state index contributed by atoms with van der Waals surface area (Å²) in [6.07, 6.45) is -0.436. The van der Waals surface area contributed by atoms with Crippen LogP contribution in [0.5, 0.6) is 11.5 Å². The highest BCUT2D eigenvalue weighted by Gasteiger charge is 2.32. The van der Waals surface area contributed by atoms with Crippen molar-refractivity contribution in [3.05, 3.63) is 59.0 Å². The van der Waals surface area contributed by atoms with Gasteiger partial charge < -0.3 is 25.3 Å². The topological polar surface area (TPSA) is 130 Å². The third-order valence-corrected chi connectivity index (χ3v) is 7.07. The molecule has 0 aliphatic carbocycles. The summed E-state index contributed by atoms with van der Waals surface area (Å²) in [6, 6.07) is 14.0. The first-order valence-corrected chi connectivity index (χ1v) is 13.2. The van der Waals surface area contributed by atoms with Gasteiger partial charge in [-0.25, -0.2) is 19.0 Å². The van der Waals surface area contributed by atoms with Crippen LogP contribution in [0.25, 0.3) is 11.0 Å². The fourth-order valence-electron chi connectivity index (χ4n) is 5.09. The molecule has 2 heterocycles. The molecule has 2 unspecified atom stereocenters. The molecule has 3 aromatic rings. The summed E-state index contributed by atoms with van der Waals surface area (Å²) in [6.45, 7) is 7.37. The SMILES string of the molecule is COc1ccc(OC(C(C)OC(N)=O)N2CCC(CNC(=O)n3c(=O)n(C(C)C)c4ccccc43)CC2)cc1. The number of rotatable bonds is 9. The van der Waals surface area contributed by atoms with E-state index in [0.29, 0.717) is 36.6 Å². The van der Waals surface area contributed by atoms with Gasteiger partial charge >= 0.3 is 17.8 Å². The number of hydrogen-bond donors (Lipinski definition) is 2. The Balaban J connectivity index is 1.39. The number of para-hydroxylation sites is 2. The van der Waals surface area contributed by atoms with Crippen LogP contribution >= 0.6 is 0 Å². The van der Waals surface area contributed by atoms with Gasteiger partial charge in [0.1, 0.15) is 11.5 Å². The number of nitrogens with two attached hydrogens (primary N) is 1. The van der Waals surface area contributed by atoms with Crippen molar-refractivity contribution in [2.24, 2.45) is 11.7 Å². The van der Waals surface area contributed by atoms with Crippen LogP contribution in [-0.2, 0) is 4.74 Å². The Morgan fingerprint density at radius 2 is 1.62 bits per heavy atom. The molecular weight excluding hydrogens is 502 g/mol. The van der Waals surface area contributed by atoms with E-state index < -0.39 is 24.5 Å². The van der Waals surface area contributed by atoms with E-state index in [4.69, 9.17) is 19.9 Å². The highest BCUT2D eigenvalue weighted by molar-refractivity contribution is 5.89. The zero-order valence-electron chi connectivity index (χ0n) is 22.8. The molecule has 0 saturated carbocycles. The first kappa shape index (κ1) is 28.0. The van der Waals surface area contributed by atoms with Crippen LogP contribution in [0.1, 0.15) is 39.7 Å². The first-order chi connectivity index (χ1) is 18.7. The van der Waals surface area contributed by atoms with E-state index in [1.54, 1.807) is 48.9 Å². The second kappa shape index (κ2) is 12.2. The van der Waals surface area contributed by atoms with Crippen LogP contribution in [0.15, 0.2) is 53.3 Å². The summed E-state index contributed by atoms with van der Waals surface area (Å²) in [5.74, 6) is 1.54. The van der Waals surface area contributed by atoms with Gasteiger partial charge in [-0.1, -0.05) is 12.1 Å². The van der Waals surface area contributed by atoms with Crippen molar-refractivity contribution in [3.63, 3.8) is 0 Å². The number of fused-ring (bicyclic) bond motifs is 1. The minimum Gasteiger partial charge on any atom is -0.497 e. The summed E-state index contributed by atoms with van der Waals surface area (Å²) < 4.78 is 19.5. The van der Waals surface area contributed by atoms with Crippen LogP contribution < -0.4 is 26.2 Å². The Bertz CT molecular complexity index is 1340. The number of hydrogen-bond acceptors (Lipinski definition) is 7. The number of piperidine rings is 1. The van der Waals surface area contributed by atoms with Gasteiger partial charge in [-0.05, 0) is 75.9 Å². The minimum absolute atomic E-state index is 0.0743. The van der Waals surface area contributed by atoms with Crippen molar-refractivity contribution in [2.45, 2.75) is 52.0 Å². The average Bonchev–Trinajstić information content (AvgIpc) is 3.22. The minimum atomic E-state index is -0.863. The number of nitrogens with one attached hydrogen (secondary N) is 1. The largest absolute Gasteiger partial charge is 0.497 e. The smallest absolute Gasteiger partial charge is 0.404 e. The van der Waals surface area contributed by atoms with Crippen LogP contribution in [0, 0.1) is 5.92 Å². The summed E-state index contributed by atoms with van der Waals surface area (Å²) in [5, 5.41) is 2.96. The predicted octanol–water partition coefficient (Wildman–Crippen LogP) is 3.55. The van der Waals surface area contributed by atoms with Crippen LogP contribution in [0.4, 0.5) is 9.59 Å². The number of amides is 2. The molecule has 11 heteroatoms. The van der Waals surface area contributed by atoms with Crippen molar-refractivity contribution in [2.75, 3.05) is 26.7 Å². The van der Waals surface area contributed by atoms with Gasteiger partial charge in [-0.2, -0.15) is 0 Å². The molecule has 1 saturated heterocycles. The molecule has 1 aromatic heterocycles. The zero-order valence-corrected chi connectivity index (χ0v) is 22.8. The summed E-state index contributed by atoms with van der Waals surface area (Å²) in [7, 11) is 1.59. The van der Waals surface area contributed by atoms with Gasteiger partial charge in [0.2, 0.25) is 0 Å². The zero-order chi connectivity index (χ0) is 28.1. The maximum atomic E-state index is 13.1. The van der Waals surface area contributed by atoms with E-state index in [-0.39, 0.29) is 17.6 Å². The van der Waals surface area contributed by atoms with Crippen molar-refractivity contribution >= 4 is 23.2 Å². The molecule has 0 bridgehead atoms. The van der Waals surface area contributed by atoms with Crippen LogP contribution in [-0.4, -0.2) is 65.2 Å². The van der Waals surface area contributed by atoms with E-state index in [1.165, 1.54) is 4.57 Å². The normalized spacial score (nSPS) is 16.1. The molecule has 11 nitrogen and oxygen atoms in total. The Kier molecular flexibility index (Phi) is 8.80. The van der Waals surface area contributed by atoms with Crippen molar-refractivity contribution in [1.29, 1.82) is 0 Å². The van der Waals surface area contributed by atoms with Gasteiger partial charge in [0, 0.05) is 25.7 Å². The lowest BCUT2D eigenvalue weighted by Gasteiger charge is -2.39. The van der Waals surface area contributed by atoms with E-state index in [1.807, 2.05) is 32.0 Å². The van der Waals surface area contributed by atoms with Gasteiger partial charge in [-0.3, -0.25) is 9.47 Å². The third kappa shape index (κ3) is 6.36. The van der Waals surface area contributed by atoms with Crippen LogP contribution in [0.2, 0.25) is 0 Å². The first-order valence-electron chi connectivity index (χ1n) is 13.2. The fraction of sp³-hybridized carbons (Fsp3) is 0.464. The maximum absolute atomic E-state index is 13.1. The van der Waals surface area contributed by atoms with Gasteiger partial charge in [-0.15, -0.1) is 0 Å². The molecule has 210 valence electrons. The van der Waals surface area contributed by atoms with Crippen molar-refractivity contribution in [1.82, 2.24) is 19.4 Å². The van der Waals surface area contributed by atoms with E-state index in [2.05, 4.69) is 10.2 Å². The molecule has 3 N–H and O–H groups in total. The molecule has 4 rings (SSSR count). The molecule has 39 heavy (non-hydrogen) atoms. The quantitative estimate of drug-likeness (QED) is 0.425. The van der Waals surface area contributed by atoms with Crippen molar-refractivity contribution in [3.8, 4) is 11.5 Å². The molecule has 1 fully saturated rings. The Morgan fingerprint density at radius 3 is 2.21 bits per heavy atom. The Morgan fingerprint density at radius 1 is 1.00 bits per heavy atom. The van der Waals surface area contributed by atoms with Gasteiger partial charge in [0.05, 0.1) is 18.1 Å². The second-order valence-corrected chi connectivity index (χ2v) is 10.1. The average molecular weight is 540 g/mol. The molecule has 2 amide bonds. The lowest BCUT2D eigenvalue weighted by molar-refractivity contribution is -0.0728. The number of imidazole rings is 1. The maximum Gasteiger partial charge on any atom is 0.404 e. The second-order valence-electron chi connectivity index (χ2n) is 10.1. The lowest BCUT2D eigenvalue weighted by Crippen LogP contribution is -2.52. The number of primary amides is 1. The monoisotopic (exact) mass is 539 g/mol. The number of likely N-dealkylation sites (tertiary alicyclic amines) is 1. The predicted molar refractivity (Wildman–Crippen MR) is 147 cm³/mol. The fourth-order valence-corrected chi connectivity index (χ4v) is 5.09.